The molecule has 0 radical (unpaired) electrons. The van der Waals surface area contributed by atoms with Crippen molar-refractivity contribution in [1.29, 1.82) is 0 Å². The van der Waals surface area contributed by atoms with Crippen molar-refractivity contribution in [1.82, 2.24) is 5.43 Å². The van der Waals surface area contributed by atoms with Crippen LogP contribution in [0, 0.1) is 0 Å². The molecule has 1 aliphatic heterocycles. The maximum absolute atomic E-state index is 13.1. The molecule has 1 aromatic carbocycles. The monoisotopic (exact) mass is 376 g/mol. The van der Waals surface area contributed by atoms with Crippen LogP contribution in [0.4, 0.5) is 0 Å². The molecular weight excluding hydrogens is 354 g/mol. The summed E-state index contributed by atoms with van der Waals surface area (Å²) in [6.07, 6.45) is 4.98. The predicted octanol–water partition coefficient (Wildman–Crippen LogP) is 2.38. The zero-order chi connectivity index (χ0) is 19.7. The Morgan fingerprint density at radius 3 is 2.61 bits per heavy atom. The molecule has 2 aliphatic rings. The third kappa shape index (κ3) is 3.45. The molecule has 2 aromatic rings. The van der Waals surface area contributed by atoms with Crippen LogP contribution in [0.3, 0.4) is 0 Å². The van der Waals surface area contributed by atoms with Gasteiger partial charge in [0.15, 0.2) is 12.4 Å². The Morgan fingerprint density at radius 2 is 1.86 bits per heavy atom. The fourth-order valence-corrected chi connectivity index (χ4v) is 3.49. The quantitative estimate of drug-likeness (QED) is 0.660. The van der Waals surface area contributed by atoms with E-state index in [-0.39, 0.29) is 29.5 Å². The van der Waals surface area contributed by atoms with E-state index in [0.717, 1.165) is 12.0 Å². The average molecular weight is 376 g/mol. The van der Waals surface area contributed by atoms with E-state index in [0.29, 0.717) is 23.3 Å². The normalized spacial score (nSPS) is 18.9. The van der Waals surface area contributed by atoms with Crippen molar-refractivity contribution in [3.63, 3.8) is 0 Å². The van der Waals surface area contributed by atoms with Crippen LogP contribution in [-0.4, -0.2) is 23.0 Å². The summed E-state index contributed by atoms with van der Waals surface area (Å²) in [6.45, 7) is 4.17. The highest BCUT2D eigenvalue weighted by atomic mass is 16.5. The van der Waals surface area contributed by atoms with Crippen LogP contribution in [0.5, 0.6) is 0 Å². The third-order valence-electron chi connectivity index (χ3n) is 4.94. The Kier molecular flexibility index (Phi) is 4.55. The molecule has 1 amide bonds. The van der Waals surface area contributed by atoms with Gasteiger partial charge in [-0.05, 0) is 26.7 Å². The maximum Gasteiger partial charge on any atom is 0.305 e. The molecular formula is C22H22N3O3+. The first-order chi connectivity index (χ1) is 13.4. The minimum absolute atomic E-state index is 0.124. The zero-order valence-corrected chi connectivity index (χ0v) is 15.9. The number of hydrogen-bond acceptors (Lipinski definition) is 4. The molecule has 1 N–H and O–H groups in total. The van der Waals surface area contributed by atoms with Crippen LogP contribution in [0.25, 0.3) is 5.76 Å². The van der Waals surface area contributed by atoms with Crippen molar-refractivity contribution >= 4 is 23.2 Å². The molecule has 4 rings (SSSR count). The van der Waals surface area contributed by atoms with Crippen molar-refractivity contribution in [3.8, 4) is 0 Å². The molecule has 6 heteroatoms. The highest BCUT2D eigenvalue weighted by Gasteiger charge is 2.38. The topological polar surface area (TPSA) is 71.6 Å². The van der Waals surface area contributed by atoms with Crippen molar-refractivity contribution in [2.45, 2.75) is 38.8 Å². The SMILES string of the molecule is CC1(C)CCC2=C(O1)c1ccccc1/C(=N\NC(=O)C[n+]1ccccc1)C2=O. The number of ketones is 1. The number of hydrogen-bond donors (Lipinski definition) is 1. The standard InChI is InChI=1S/C22H21N3O3/c1-22(2)11-10-17-20(27)19(15-8-4-5-9-16(15)21(17)28-22)24-23-18(26)14-25-12-6-3-7-13-25/h3-9,12-13H,10-11,14H2,1-2H3/p+1. The number of carbonyl (C=O) groups is 2. The lowest BCUT2D eigenvalue weighted by Crippen LogP contribution is -2.41. The summed E-state index contributed by atoms with van der Waals surface area (Å²) in [5, 5.41) is 4.19. The number of benzene rings is 1. The Labute approximate surface area is 163 Å². The van der Waals surface area contributed by atoms with Gasteiger partial charge in [0.1, 0.15) is 17.1 Å². The van der Waals surface area contributed by atoms with E-state index in [2.05, 4.69) is 10.5 Å². The smallest absolute Gasteiger partial charge is 0.305 e. The van der Waals surface area contributed by atoms with Crippen LogP contribution in [-0.2, 0) is 20.9 Å². The summed E-state index contributed by atoms with van der Waals surface area (Å²) >= 11 is 0. The summed E-state index contributed by atoms with van der Waals surface area (Å²) in [6, 6.07) is 13.1. The van der Waals surface area contributed by atoms with Crippen molar-refractivity contribution in [2.75, 3.05) is 0 Å². The van der Waals surface area contributed by atoms with Gasteiger partial charge in [0.25, 0.3) is 0 Å². The van der Waals surface area contributed by atoms with Gasteiger partial charge < -0.3 is 4.74 Å². The lowest BCUT2D eigenvalue weighted by molar-refractivity contribution is -0.684. The summed E-state index contributed by atoms with van der Waals surface area (Å²) in [4.78, 5) is 25.3. The number of ether oxygens (including phenoxy) is 1. The third-order valence-corrected chi connectivity index (χ3v) is 4.94. The van der Waals surface area contributed by atoms with E-state index >= 15 is 0 Å². The largest absolute Gasteiger partial charge is 0.487 e. The fourth-order valence-electron chi connectivity index (χ4n) is 3.49. The van der Waals surface area contributed by atoms with E-state index in [9.17, 15) is 9.59 Å². The van der Waals surface area contributed by atoms with Gasteiger partial charge in [0.2, 0.25) is 12.3 Å². The zero-order valence-electron chi connectivity index (χ0n) is 15.9. The average Bonchev–Trinajstić information content (AvgIpc) is 2.68. The molecule has 0 atom stereocenters. The summed E-state index contributed by atoms with van der Waals surface area (Å²) in [7, 11) is 0. The first kappa shape index (κ1) is 18.1. The Bertz CT molecular complexity index is 1010. The van der Waals surface area contributed by atoms with Gasteiger partial charge in [-0.2, -0.15) is 9.67 Å². The Hall–Kier alpha value is -3.28. The maximum atomic E-state index is 13.1. The number of rotatable bonds is 3. The minimum atomic E-state index is -0.317. The molecule has 0 saturated heterocycles. The lowest BCUT2D eigenvalue weighted by Gasteiger charge is -2.36. The van der Waals surface area contributed by atoms with E-state index in [1.54, 1.807) is 17.0 Å². The second-order valence-corrected chi connectivity index (χ2v) is 7.59. The Balaban J connectivity index is 1.63. The van der Waals surface area contributed by atoms with Crippen LogP contribution in [0.15, 0.2) is 65.5 Å². The van der Waals surface area contributed by atoms with E-state index in [1.807, 2.05) is 56.3 Å². The van der Waals surface area contributed by atoms with Gasteiger partial charge in [-0.15, -0.1) is 0 Å². The molecule has 142 valence electrons. The van der Waals surface area contributed by atoms with Gasteiger partial charge >= 0.3 is 5.91 Å². The number of nitrogens with zero attached hydrogens (tertiary/aromatic N) is 2. The van der Waals surface area contributed by atoms with E-state index in [4.69, 9.17) is 4.74 Å². The second kappa shape index (κ2) is 7.03. The van der Waals surface area contributed by atoms with Gasteiger partial charge in [0, 0.05) is 28.8 Å². The number of carbonyl (C=O) groups excluding carboxylic acids is 2. The van der Waals surface area contributed by atoms with Crippen LogP contribution in [0.2, 0.25) is 0 Å². The number of fused-ring (bicyclic) bond motifs is 2. The lowest BCUT2D eigenvalue weighted by atomic mass is 9.82. The number of Topliss-reactive ketones (excluding diaryl/α,β-unsaturated/α-hetero) is 1. The second-order valence-electron chi connectivity index (χ2n) is 7.59. The highest BCUT2D eigenvalue weighted by Crippen LogP contribution is 2.41. The van der Waals surface area contributed by atoms with Crippen LogP contribution < -0.4 is 9.99 Å². The van der Waals surface area contributed by atoms with Crippen LogP contribution in [0.1, 0.15) is 37.8 Å². The summed E-state index contributed by atoms with van der Waals surface area (Å²) in [5.74, 6) is 0.161. The molecule has 1 aliphatic carbocycles. The van der Waals surface area contributed by atoms with Gasteiger partial charge in [0.05, 0.1) is 0 Å². The van der Waals surface area contributed by atoms with Crippen molar-refractivity contribution in [3.05, 3.63) is 71.6 Å². The number of aromatic nitrogens is 1. The molecule has 2 heterocycles. The number of pyridine rings is 1. The number of hydrazone groups is 1. The van der Waals surface area contributed by atoms with Crippen LogP contribution >= 0.6 is 0 Å². The summed E-state index contributed by atoms with van der Waals surface area (Å²) < 4.78 is 7.88. The molecule has 28 heavy (non-hydrogen) atoms. The first-order valence-corrected chi connectivity index (χ1v) is 9.32. The minimum Gasteiger partial charge on any atom is -0.487 e. The summed E-state index contributed by atoms with van der Waals surface area (Å²) in [5.41, 5.74) is 4.61. The molecule has 0 unspecified atom stereocenters. The molecule has 6 nitrogen and oxygen atoms in total. The number of allylic oxidation sites excluding steroid dienone is 1. The van der Waals surface area contributed by atoms with Gasteiger partial charge in [-0.1, -0.05) is 30.3 Å². The van der Waals surface area contributed by atoms with Gasteiger partial charge in [-0.3, -0.25) is 9.59 Å². The molecule has 0 saturated carbocycles. The van der Waals surface area contributed by atoms with E-state index < -0.39 is 0 Å². The number of amides is 1. The first-order valence-electron chi connectivity index (χ1n) is 9.32. The van der Waals surface area contributed by atoms with Crippen molar-refractivity contribution < 1.29 is 18.9 Å². The molecule has 0 bridgehead atoms. The van der Waals surface area contributed by atoms with Crippen molar-refractivity contribution in [2.24, 2.45) is 5.10 Å². The molecule has 1 aromatic heterocycles. The number of nitrogens with one attached hydrogen (secondary N) is 1. The predicted molar refractivity (Wildman–Crippen MR) is 104 cm³/mol. The molecule has 0 spiro atoms. The Morgan fingerprint density at radius 1 is 1.14 bits per heavy atom. The molecule has 0 fully saturated rings. The van der Waals surface area contributed by atoms with Gasteiger partial charge in [-0.25, -0.2) is 5.43 Å². The fraction of sp³-hybridized carbons (Fsp3) is 0.273. The highest BCUT2D eigenvalue weighted by molar-refractivity contribution is 6.54. The van der Waals surface area contributed by atoms with E-state index in [1.165, 1.54) is 0 Å².